The predicted molar refractivity (Wildman–Crippen MR) is 81.2 cm³/mol. The number of hydrogen-bond acceptors (Lipinski definition) is 3. The molecule has 0 bridgehead atoms. The fraction of sp³-hybridized carbons (Fsp3) is 0.250. The van der Waals surface area contributed by atoms with E-state index < -0.39 is 0 Å². The molecule has 1 heterocycles. The Morgan fingerprint density at radius 2 is 1.86 bits per heavy atom. The van der Waals surface area contributed by atoms with Crippen LogP contribution in [0.2, 0.25) is 0 Å². The van der Waals surface area contributed by atoms with Crippen LogP contribution in [0.15, 0.2) is 36.4 Å². The van der Waals surface area contributed by atoms with Gasteiger partial charge in [0.1, 0.15) is 24.8 Å². The third-order valence-electron chi connectivity index (χ3n) is 3.32. The lowest BCUT2D eigenvalue weighted by Gasteiger charge is -2.21. The zero-order valence-corrected chi connectivity index (χ0v) is 13.0. The second kappa shape index (κ2) is 5.93. The Morgan fingerprint density at radius 1 is 1.10 bits per heavy atom. The maximum Gasteiger partial charge on any atom is 0.161 e. The molecule has 2 aromatic carbocycles. The fourth-order valence-corrected chi connectivity index (χ4v) is 2.94. The summed E-state index contributed by atoms with van der Waals surface area (Å²) >= 11 is 3.60. The van der Waals surface area contributed by atoms with Crippen LogP contribution < -0.4 is 14.2 Å². The summed E-state index contributed by atoms with van der Waals surface area (Å²) in [5.41, 5.74) is 1.68. The smallest absolute Gasteiger partial charge is 0.161 e. The summed E-state index contributed by atoms with van der Waals surface area (Å²) < 4.78 is 29.9. The number of ether oxygens (including phenoxy) is 3. The number of methoxy groups -OCH3 is 1. The predicted octanol–water partition coefficient (Wildman–Crippen LogP) is 4.09. The Morgan fingerprint density at radius 3 is 2.62 bits per heavy atom. The molecule has 0 amide bonds. The van der Waals surface area contributed by atoms with Crippen LogP contribution in [0.4, 0.5) is 4.39 Å². The van der Waals surface area contributed by atoms with Gasteiger partial charge in [-0.05, 0) is 35.9 Å². The molecule has 0 spiro atoms. The third kappa shape index (κ3) is 2.83. The van der Waals surface area contributed by atoms with E-state index >= 15 is 0 Å². The van der Waals surface area contributed by atoms with E-state index in [1.165, 1.54) is 12.1 Å². The first-order valence-electron chi connectivity index (χ1n) is 6.56. The molecule has 1 unspecified atom stereocenters. The minimum atomic E-state index is -0.298. The van der Waals surface area contributed by atoms with Crippen molar-refractivity contribution in [2.24, 2.45) is 0 Å². The summed E-state index contributed by atoms with van der Waals surface area (Å²) in [7, 11) is 1.57. The van der Waals surface area contributed by atoms with Gasteiger partial charge in [-0.2, -0.15) is 0 Å². The molecule has 0 N–H and O–H groups in total. The van der Waals surface area contributed by atoms with Crippen molar-refractivity contribution in [3.8, 4) is 17.2 Å². The summed E-state index contributed by atoms with van der Waals surface area (Å²) in [5, 5.41) is 0. The van der Waals surface area contributed by atoms with Gasteiger partial charge in [0.05, 0.1) is 11.9 Å². The van der Waals surface area contributed by atoms with Gasteiger partial charge in [0.2, 0.25) is 0 Å². The van der Waals surface area contributed by atoms with Gasteiger partial charge >= 0.3 is 0 Å². The van der Waals surface area contributed by atoms with Crippen LogP contribution in [0.3, 0.4) is 0 Å². The molecule has 1 aliphatic rings. The van der Waals surface area contributed by atoms with Crippen LogP contribution in [-0.2, 0) is 0 Å². The van der Waals surface area contributed by atoms with Gasteiger partial charge in [-0.15, -0.1) is 0 Å². The Bertz CT molecular complexity index is 660. The molecule has 21 heavy (non-hydrogen) atoms. The van der Waals surface area contributed by atoms with Crippen molar-refractivity contribution in [1.29, 1.82) is 0 Å². The highest BCUT2D eigenvalue weighted by molar-refractivity contribution is 9.09. The minimum absolute atomic E-state index is 0.195. The van der Waals surface area contributed by atoms with Crippen molar-refractivity contribution < 1.29 is 18.6 Å². The number of fused-ring (bicyclic) bond motifs is 1. The maximum absolute atomic E-state index is 13.5. The quantitative estimate of drug-likeness (QED) is 0.778. The van der Waals surface area contributed by atoms with E-state index in [1.807, 2.05) is 18.2 Å². The summed E-state index contributed by atoms with van der Waals surface area (Å²) in [6, 6.07) is 10.2. The first kappa shape index (κ1) is 14.2. The molecule has 0 aromatic heterocycles. The van der Waals surface area contributed by atoms with Crippen LogP contribution in [0, 0.1) is 5.82 Å². The Hall–Kier alpha value is -1.75. The van der Waals surface area contributed by atoms with Crippen molar-refractivity contribution in [1.82, 2.24) is 0 Å². The average molecular weight is 353 g/mol. The molecule has 0 saturated carbocycles. The van der Waals surface area contributed by atoms with Crippen LogP contribution in [0.5, 0.6) is 17.2 Å². The van der Waals surface area contributed by atoms with Gasteiger partial charge in [-0.1, -0.05) is 22.0 Å². The zero-order chi connectivity index (χ0) is 14.8. The van der Waals surface area contributed by atoms with Crippen LogP contribution in [0.25, 0.3) is 0 Å². The molecular weight excluding hydrogens is 339 g/mol. The van der Waals surface area contributed by atoms with Gasteiger partial charge < -0.3 is 14.2 Å². The summed E-state index contributed by atoms with van der Waals surface area (Å²) in [6.45, 7) is 1.09. The number of halogens is 2. The summed E-state index contributed by atoms with van der Waals surface area (Å²) in [5.74, 6) is 1.77. The Labute approximate surface area is 130 Å². The largest absolute Gasteiger partial charge is 0.496 e. The van der Waals surface area contributed by atoms with Crippen LogP contribution >= 0.6 is 15.9 Å². The number of rotatable bonds is 3. The van der Waals surface area contributed by atoms with Crippen LogP contribution in [0.1, 0.15) is 16.0 Å². The van der Waals surface area contributed by atoms with Crippen molar-refractivity contribution in [2.45, 2.75) is 4.83 Å². The molecule has 3 rings (SSSR count). The summed E-state index contributed by atoms with van der Waals surface area (Å²) in [6.07, 6.45) is 0. The normalized spacial score (nSPS) is 14.6. The first-order valence-corrected chi connectivity index (χ1v) is 7.47. The lowest BCUT2D eigenvalue weighted by molar-refractivity contribution is 0.171. The van der Waals surface area contributed by atoms with Crippen molar-refractivity contribution in [2.75, 3.05) is 20.3 Å². The highest BCUT2D eigenvalue weighted by atomic mass is 79.9. The standard InChI is InChI=1S/C16H14BrFO3/c1-19-13-5-3-11(18)9-12(13)16(17)10-2-4-14-15(8-10)21-7-6-20-14/h2-5,8-9,16H,6-7H2,1H3. The Kier molecular flexibility index (Phi) is 4.01. The molecular formula is C16H14BrFO3. The molecule has 0 radical (unpaired) electrons. The topological polar surface area (TPSA) is 27.7 Å². The van der Waals surface area contributed by atoms with E-state index in [4.69, 9.17) is 14.2 Å². The monoisotopic (exact) mass is 352 g/mol. The van der Waals surface area contributed by atoms with E-state index in [-0.39, 0.29) is 10.6 Å². The first-order chi connectivity index (χ1) is 10.2. The highest BCUT2D eigenvalue weighted by Crippen LogP contribution is 2.40. The van der Waals surface area contributed by atoms with Gasteiger partial charge in [-0.3, -0.25) is 0 Å². The molecule has 0 aliphatic carbocycles. The highest BCUT2D eigenvalue weighted by Gasteiger charge is 2.19. The molecule has 110 valence electrons. The van der Waals surface area contributed by atoms with Crippen molar-refractivity contribution in [3.05, 3.63) is 53.3 Å². The SMILES string of the molecule is COc1ccc(F)cc1C(Br)c1ccc2c(c1)OCCO2. The molecule has 3 nitrogen and oxygen atoms in total. The van der Waals surface area contributed by atoms with Gasteiger partial charge in [0.25, 0.3) is 0 Å². The molecule has 0 saturated heterocycles. The lowest BCUT2D eigenvalue weighted by atomic mass is 10.0. The fourth-order valence-electron chi connectivity index (χ4n) is 2.30. The molecule has 0 fully saturated rings. The van der Waals surface area contributed by atoms with Gasteiger partial charge in [0.15, 0.2) is 11.5 Å². The minimum Gasteiger partial charge on any atom is -0.496 e. The van der Waals surface area contributed by atoms with Crippen LogP contribution in [-0.4, -0.2) is 20.3 Å². The maximum atomic E-state index is 13.5. The molecule has 1 aliphatic heterocycles. The van der Waals surface area contributed by atoms with E-state index in [0.717, 1.165) is 16.9 Å². The Balaban J connectivity index is 1.98. The second-order valence-electron chi connectivity index (χ2n) is 4.65. The molecule has 1 atom stereocenters. The summed E-state index contributed by atoms with van der Waals surface area (Å²) in [4.78, 5) is -0.195. The molecule has 2 aromatic rings. The second-order valence-corrected chi connectivity index (χ2v) is 5.57. The van der Waals surface area contributed by atoms with Crippen molar-refractivity contribution >= 4 is 15.9 Å². The number of hydrogen-bond donors (Lipinski definition) is 0. The lowest BCUT2D eigenvalue weighted by Crippen LogP contribution is -2.15. The van der Waals surface area contributed by atoms with E-state index in [2.05, 4.69) is 15.9 Å². The van der Waals surface area contributed by atoms with Crippen molar-refractivity contribution in [3.63, 3.8) is 0 Å². The van der Waals surface area contributed by atoms with Gasteiger partial charge in [0, 0.05) is 5.56 Å². The number of alkyl halides is 1. The third-order valence-corrected chi connectivity index (χ3v) is 4.35. The van der Waals surface area contributed by atoms with E-state index in [1.54, 1.807) is 13.2 Å². The zero-order valence-electron chi connectivity index (χ0n) is 11.4. The van der Waals surface area contributed by atoms with E-state index in [0.29, 0.717) is 24.7 Å². The van der Waals surface area contributed by atoms with Gasteiger partial charge in [-0.25, -0.2) is 4.39 Å². The van der Waals surface area contributed by atoms with E-state index in [9.17, 15) is 4.39 Å². The average Bonchev–Trinajstić information content (AvgIpc) is 2.53. The number of benzene rings is 2. The molecule has 5 heteroatoms.